The van der Waals surface area contributed by atoms with Gasteiger partial charge in [0.2, 0.25) is 0 Å². The number of amides is 1. The van der Waals surface area contributed by atoms with E-state index in [0.29, 0.717) is 21.3 Å². The first-order chi connectivity index (χ1) is 11.4. The minimum Gasteiger partial charge on any atom is -0.443 e. The summed E-state index contributed by atoms with van der Waals surface area (Å²) in [4.78, 5) is 22.2. The SMILES string of the molecule is Cc1nc(-c2cncc(S(C)(=O)=O)c2)sc1N(C)C(=O)OC(C)(C)C. The van der Waals surface area contributed by atoms with Crippen molar-refractivity contribution in [2.75, 3.05) is 18.2 Å². The first-order valence-electron chi connectivity index (χ1n) is 7.48. The molecule has 0 saturated carbocycles. The maximum Gasteiger partial charge on any atom is 0.415 e. The number of nitrogens with zero attached hydrogens (tertiary/aromatic N) is 3. The fourth-order valence-corrected chi connectivity index (χ4v) is 3.57. The standard InChI is InChI=1S/C16H21N3O4S2/c1-10-14(19(5)15(20)23-16(2,3)4)24-13(18-10)11-7-12(9-17-8-11)25(6,21)22/h7-9H,1-6H3. The van der Waals surface area contributed by atoms with E-state index in [1.165, 1.54) is 28.5 Å². The molecule has 9 heteroatoms. The second-order valence-electron chi connectivity index (χ2n) is 6.63. The predicted octanol–water partition coefficient (Wildman–Crippen LogP) is 3.29. The molecule has 2 aromatic rings. The number of rotatable bonds is 3. The van der Waals surface area contributed by atoms with Crippen molar-refractivity contribution in [2.24, 2.45) is 0 Å². The molecule has 0 fully saturated rings. The van der Waals surface area contributed by atoms with Crippen LogP contribution in [0.5, 0.6) is 0 Å². The minimum absolute atomic E-state index is 0.125. The smallest absolute Gasteiger partial charge is 0.415 e. The number of hydrogen-bond donors (Lipinski definition) is 0. The number of sulfone groups is 1. The maximum atomic E-state index is 12.2. The fourth-order valence-electron chi connectivity index (χ4n) is 1.97. The third-order valence-electron chi connectivity index (χ3n) is 3.13. The normalized spacial score (nSPS) is 12.1. The van der Waals surface area contributed by atoms with Crippen LogP contribution >= 0.6 is 11.3 Å². The van der Waals surface area contributed by atoms with Gasteiger partial charge in [0.15, 0.2) is 9.84 Å². The van der Waals surface area contributed by atoms with Crippen molar-refractivity contribution in [1.29, 1.82) is 0 Å². The van der Waals surface area contributed by atoms with Crippen molar-refractivity contribution in [3.8, 4) is 10.6 Å². The second kappa shape index (κ2) is 6.72. The summed E-state index contributed by atoms with van der Waals surface area (Å²) in [6.07, 6.45) is 3.49. The second-order valence-corrected chi connectivity index (χ2v) is 9.62. The van der Waals surface area contributed by atoms with Crippen LogP contribution in [0.25, 0.3) is 10.6 Å². The molecule has 136 valence electrons. The topological polar surface area (TPSA) is 89.5 Å². The molecular weight excluding hydrogens is 362 g/mol. The van der Waals surface area contributed by atoms with E-state index in [0.717, 1.165) is 6.26 Å². The van der Waals surface area contributed by atoms with Gasteiger partial charge in [-0.15, -0.1) is 0 Å². The first kappa shape index (κ1) is 19.3. The lowest BCUT2D eigenvalue weighted by Gasteiger charge is -2.23. The van der Waals surface area contributed by atoms with E-state index in [1.807, 2.05) is 0 Å². The summed E-state index contributed by atoms with van der Waals surface area (Å²) >= 11 is 1.27. The largest absolute Gasteiger partial charge is 0.443 e. The van der Waals surface area contributed by atoms with E-state index < -0.39 is 21.5 Å². The minimum atomic E-state index is -3.36. The Morgan fingerprint density at radius 3 is 2.48 bits per heavy atom. The number of carbonyl (C=O) groups is 1. The highest BCUT2D eigenvalue weighted by Gasteiger charge is 2.24. The van der Waals surface area contributed by atoms with Crippen molar-refractivity contribution >= 4 is 32.3 Å². The van der Waals surface area contributed by atoms with Crippen LogP contribution in [0.4, 0.5) is 9.80 Å². The summed E-state index contributed by atoms with van der Waals surface area (Å²) in [6.45, 7) is 7.17. The molecule has 2 rings (SSSR count). The van der Waals surface area contributed by atoms with Gasteiger partial charge in [-0.25, -0.2) is 18.2 Å². The number of thiazole rings is 1. The molecule has 0 aliphatic carbocycles. The van der Waals surface area contributed by atoms with E-state index in [2.05, 4.69) is 9.97 Å². The summed E-state index contributed by atoms with van der Waals surface area (Å²) < 4.78 is 28.7. The van der Waals surface area contributed by atoms with Crippen LogP contribution in [0, 0.1) is 6.92 Å². The molecule has 1 amide bonds. The summed E-state index contributed by atoms with van der Waals surface area (Å²) in [5.74, 6) is 0. The van der Waals surface area contributed by atoms with Crippen molar-refractivity contribution in [1.82, 2.24) is 9.97 Å². The molecule has 0 N–H and O–H groups in total. The number of ether oxygens (including phenoxy) is 1. The van der Waals surface area contributed by atoms with Crippen molar-refractivity contribution in [3.63, 3.8) is 0 Å². The van der Waals surface area contributed by atoms with Crippen molar-refractivity contribution in [3.05, 3.63) is 24.2 Å². The molecule has 7 nitrogen and oxygen atoms in total. The molecule has 2 aromatic heterocycles. The Morgan fingerprint density at radius 1 is 1.28 bits per heavy atom. The highest BCUT2D eigenvalue weighted by molar-refractivity contribution is 7.90. The van der Waals surface area contributed by atoms with Gasteiger partial charge < -0.3 is 4.74 Å². The van der Waals surface area contributed by atoms with Crippen LogP contribution < -0.4 is 4.90 Å². The van der Waals surface area contributed by atoms with E-state index in [-0.39, 0.29) is 4.90 Å². The van der Waals surface area contributed by atoms with E-state index >= 15 is 0 Å². The Labute approximate surface area is 151 Å². The van der Waals surface area contributed by atoms with Crippen molar-refractivity contribution < 1.29 is 17.9 Å². The summed E-state index contributed by atoms with van der Waals surface area (Å²) in [5, 5.41) is 1.22. The molecular formula is C16H21N3O4S2. The lowest BCUT2D eigenvalue weighted by atomic mass is 10.2. The lowest BCUT2D eigenvalue weighted by molar-refractivity contribution is 0.0590. The van der Waals surface area contributed by atoms with Crippen LogP contribution in [-0.4, -0.2) is 43.4 Å². The Bertz CT molecular complexity index is 898. The first-order valence-corrected chi connectivity index (χ1v) is 10.2. The summed E-state index contributed by atoms with van der Waals surface area (Å²) in [5.41, 5.74) is 0.638. The number of aryl methyl sites for hydroxylation is 1. The van der Waals surface area contributed by atoms with Gasteiger partial charge in [-0.2, -0.15) is 0 Å². The molecule has 0 radical (unpaired) electrons. The third kappa shape index (κ3) is 4.76. The molecule has 0 saturated heterocycles. The lowest BCUT2D eigenvalue weighted by Crippen LogP contribution is -2.34. The van der Waals surface area contributed by atoms with Crippen molar-refractivity contribution in [2.45, 2.75) is 38.2 Å². The Kier molecular flexibility index (Phi) is 5.19. The van der Waals surface area contributed by atoms with Gasteiger partial charge in [-0.05, 0) is 33.8 Å². The van der Waals surface area contributed by atoms with Gasteiger partial charge in [0.05, 0.1) is 10.6 Å². The van der Waals surface area contributed by atoms with E-state index in [1.54, 1.807) is 40.9 Å². The van der Waals surface area contributed by atoms with Gasteiger partial charge in [0.25, 0.3) is 0 Å². The third-order valence-corrected chi connectivity index (χ3v) is 5.49. The highest BCUT2D eigenvalue weighted by Crippen LogP contribution is 2.34. The molecule has 0 aliphatic heterocycles. The van der Waals surface area contributed by atoms with E-state index in [9.17, 15) is 13.2 Å². The molecule has 0 bridgehead atoms. The summed E-state index contributed by atoms with van der Waals surface area (Å²) in [6, 6.07) is 1.53. The zero-order chi connectivity index (χ0) is 19.0. The Hall–Kier alpha value is -2.00. The average Bonchev–Trinajstić information content (AvgIpc) is 2.86. The average molecular weight is 383 g/mol. The Balaban J connectivity index is 2.36. The molecule has 2 heterocycles. The highest BCUT2D eigenvalue weighted by atomic mass is 32.2. The maximum absolute atomic E-state index is 12.2. The van der Waals surface area contributed by atoms with E-state index in [4.69, 9.17) is 4.74 Å². The monoisotopic (exact) mass is 383 g/mol. The van der Waals surface area contributed by atoms with Crippen LogP contribution in [0.3, 0.4) is 0 Å². The quantitative estimate of drug-likeness (QED) is 0.808. The van der Waals surface area contributed by atoms with Crippen LogP contribution in [0.15, 0.2) is 23.4 Å². The number of hydrogen-bond acceptors (Lipinski definition) is 7. The fraction of sp³-hybridized carbons (Fsp3) is 0.438. The molecule has 0 atom stereocenters. The van der Waals surface area contributed by atoms with Gasteiger partial charge in [0.1, 0.15) is 15.6 Å². The summed E-state index contributed by atoms with van der Waals surface area (Å²) in [7, 11) is -1.74. The van der Waals surface area contributed by atoms with Gasteiger partial charge in [0, 0.05) is 31.3 Å². The number of pyridine rings is 1. The molecule has 0 aliphatic rings. The Morgan fingerprint density at radius 2 is 1.92 bits per heavy atom. The zero-order valence-electron chi connectivity index (χ0n) is 15.0. The molecule has 0 aromatic carbocycles. The van der Waals surface area contributed by atoms with Crippen LogP contribution in [0.2, 0.25) is 0 Å². The van der Waals surface area contributed by atoms with Gasteiger partial charge >= 0.3 is 6.09 Å². The molecule has 0 spiro atoms. The molecule has 25 heavy (non-hydrogen) atoms. The zero-order valence-corrected chi connectivity index (χ0v) is 16.7. The van der Waals surface area contributed by atoms with Gasteiger partial charge in [-0.3, -0.25) is 9.88 Å². The van der Waals surface area contributed by atoms with Crippen LogP contribution in [0.1, 0.15) is 26.5 Å². The number of anilines is 1. The van der Waals surface area contributed by atoms with Crippen LogP contribution in [-0.2, 0) is 14.6 Å². The predicted molar refractivity (Wildman–Crippen MR) is 97.8 cm³/mol. The number of aromatic nitrogens is 2. The number of carbonyl (C=O) groups excluding carboxylic acids is 1. The molecule has 0 unspecified atom stereocenters. The van der Waals surface area contributed by atoms with Gasteiger partial charge in [-0.1, -0.05) is 11.3 Å².